The van der Waals surface area contributed by atoms with Gasteiger partial charge in [0.25, 0.3) is 5.91 Å². The van der Waals surface area contributed by atoms with E-state index in [1.54, 1.807) is 6.92 Å². The zero-order chi connectivity index (χ0) is 16.8. The Hall–Kier alpha value is -2.56. The molecule has 0 aliphatic heterocycles. The van der Waals surface area contributed by atoms with Gasteiger partial charge in [-0.1, -0.05) is 31.2 Å². The van der Waals surface area contributed by atoms with Gasteiger partial charge in [-0.3, -0.25) is 4.79 Å². The average Bonchev–Trinajstić information content (AvgIpc) is 2.98. The molecular formula is C18H21NO4. The normalized spacial score (nSPS) is 11.8. The maximum Gasteiger partial charge on any atom is 0.342 e. The molecule has 0 spiro atoms. The van der Waals surface area contributed by atoms with Crippen LogP contribution in [0.25, 0.3) is 0 Å². The van der Waals surface area contributed by atoms with Gasteiger partial charge in [0.15, 0.2) is 6.61 Å². The molecule has 0 bridgehead atoms. The summed E-state index contributed by atoms with van der Waals surface area (Å²) in [5.41, 5.74) is 2.59. The van der Waals surface area contributed by atoms with Crippen molar-refractivity contribution < 1.29 is 18.7 Å². The van der Waals surface area contributed by atoms with E-state index in [0.717, 1.165) is 12.0 Å². The van der Waals surface area contributed by atoms with Crippen molar-refractivity contribution in [3.8, 4) is 0 Å². The summed E-state index contributed by atoms with van der Waals surface area (Å²) in [5.74, 6) is -0.433. The van der Waals surface area contributed by atoms with E-state index < -0.39 is 5.97 Å². The fraction of sp³-hybridized carbons (Fsp3) is 0.333. The number of benzene rings is 1. The summed E-state index contributed by atoms with van der Waals surface area (Å²) >= 11 is 0. The summed E-state index contributed by atoms with van der Waals surface area (Å²) in [6.07, 6.45) is 2.39. The predicted molar refractivity (Wildman–Crippen MR) is 86.1 cm³/mol. The van der Waals surface area contributed by atoms with Crippen LogP contribution in [0.2, 0.25) is 0 Å². The lowest BCUT2D eigenvalue weighted by Gasteiger charge is -2.14. The molecule has 0 saturated heterocycles. The van der Waals surface area contributed by atoms with E-state index >= 15 is 0 Å². The highest BCUT2D eigenvalue weighted by molar-refractivity contribution is 5.92. The van der Waals surface area contributed by atoms with E-state index in [9.17, 15) is 9.59 Å². The third-order valence-electron chi connectivity index (χ3n) is 3.68. The first-order valence-corrected chi connectivity index (χ1v) is 7.60. The fourth-order valence-corrected chi connectivity index (χ4v) is 2.21. The van der Waals surface area contributed by atoms with Gasteiger partial charge in [0.1, 0.15) is 11.3 Å². The Kier molecular flexibility index (Phi) is 5.57. The van der Waals surface area contributed by atoms with Crippen LogP contribution in [-0.4, -0.2) is 18.5 Å². The molecule has 2 aromatic rings. The zero-order valence-electron chi connectivity index (χ0n) is 13.6. The molecule has 1 aromatic heterocycles. The summed E-state index contributed by atoms with van der Waals surface area (Å²) in [6.45, 7) is 5.33. The van der Waals surface area contributed by atoms with Crippen molar-refractivity contribution in [1.29, 1.82) is 0 Å². The second-order valence-corrected chi connectivity index (χ2v) is 5.35. The smallest absolute Gasteiger partial charge is 0.342 e. The number of aryl methyl sites for hydroxylation is 2. The molecule has 2 rings (SSSR count). The molecule has 1 heterocycles. The molecular weight excluding hydrogens is 294 g/mol. The zero-order valence-corrected chi connectivity index (χ0v) is 13.6. The van der Waals surface area contributed by atoms with Crippen molar-refractivity contribution in [2.45, 2.75) is 33.2 Å². The molecule has 0 aliphatic rings. The maximum absolute atomic E-state index is 11.9. The van der Waals surface area contributed by atoms with Crippen LogP contribution < -0.4 is 5.32 Å². The molecule has 5 nitrogen and oxygen atoms in total. The third-order valence-corrected chi connectivity index (χ3v) is 3.68. The number of amides is 1. The Morgan fingerprint density at radius 1 is 1.22 bits per heavy atom. The van der Waals surface area contributed by atoms with Gasteiger partial charge in [0.2, 0.25) is 0 Å². The van der Waals surface area contributed by atoms with E-state index in [1.807, 2.05) is 31.2 Å². The van der Waals surface area contributed by atoms with Gasteiger partial charge in [0.05, 0.1) is 12.3 Å². The highest BCUT2D eigenvalue weighted by Gasteiger charge is 2.16. The Morgan fingerprint density at radius 3 is 2.48 bits per heavy atom. The summed E-state index contributed by atoms with van der Waals surface area (Å²) in [4.78, 5) is 23.7. The average molecular weight is 315 g/mol. The number of esters is 1. The first kappa shape index (κ1) is 16.8. The van der Waals surface area contributed by atoms with Gasteiger partial charge >= 0.3 is 5.97 Å². The molecule has 0 fully saturated rings. The van der Waals surface area contributed by atoms with E-state index in [0.29, 0.717) is 11.3 Å². The van der Waals surface area contributed by atoms with Crippen molar-refractivity contribution in [2.24, 2.45) is 0 Å². The van der Waals surface area contributed by atoms with Crippen LogP contribution in [0, 0.1) is 6.92 Å². The number of furan rings is 1. The van der Waals surface area contributed by atoms with Crippen LogP contribution in [0.4, 0.5) is 0 Å². The van der Waals surface area contributed by atoms with Crippen LogP contribution in [-0.2, 0) is 16.0 Å². The highest BCUT2D eigenvalue weighted by Crippen LogP contribution is 2.14. The monoisotopic (exact) mass is 315 g/mol. The molecule has 1 amide bonds. The highest BCUT2D eigenvalue weighted by atomic mass is 16.5. The Bertz CT molecular complexity index is 673. The van der Waals surface area contributed by atoms with Gasteiger partial charge in [-0.25, -0.2) is 4.79 Å². The Labute approximate surface area is 135 Å². The molecule has 0 saturated carbocycles. The second kappa shape index (κ2) is 7.63. The van der Waals surface area contributed by atoms with E-state index in [4.69, 9.17) is 9.15 Å². The summed E-state index contributed by atoms with van der Waals surface area (Å²) in [6, 6.07) is 9.44. The van der Waals surface area contributed by atoms with Gasteiger partial charge in [0, 0.05) is 0 Å². The fourth-order valence-electron chi connectivity index (χ4n) is 2.21. The molecule has 1 N–H and O–H groups in total. The van der Waals surface area contributed by atoms with Gasteiger partial charge in [-0.15, -0.1) is 0 Å². The largest absolute Gasteiger partial charge is 0.469 e. The van der Waals surface area contributed by atoms with Crippen molar-refractivity contribution >= 4 is 11.9 Å². The van der Waals surface area contributed by atoms with Crippen molar-refractivity contribution in [1.82, 2.24) is 5.32 Å². The third kappa shape index (κ3) is 4.45. The number of ether oxygens (including phenoxy) is 1. The predicted octanol–water partition coefficient (Wildman–Crippen LogP) is 3.18. The van der Waals surface area contributed by atoms with Crippen LogP contribution in [0.15, 0.2) is 41.0 Å². The standard InChI is InChI=1S/C18H21NO4/c1-4-14-5-7-15(8-6-14)12(2)19-17(20)11-23-18(21)16-9-10-22-13(16)3/h5-10,12H,4,11H2,1-3H3,(H,19,20)/t12-/m1/s1. The molecule has 0 aliphatic carbocycles. The number of nitrogens with one attached hydrogen (secondary N) is 1. The number of carbonyl (C=O) groups excluding carboxylic acids is 2. The number of carbonyl (C=O) groups is 2. The van der Waals surface area contributed by atoms with Gasteiger partial charge in [-0.2, -0.15) is 0 Å². The Balaban J connectivity index is 1.84. The lowest BCUT2D eigenvalue weighted by Crippen LogP contribution is -2.31. The van der Waals surface area contributed by atoms with Crippen LogP contribution >= 0.6 is 0 Å². The first-order chi connectivity index (χ1) is 11.0. The van der Waals surface area contributed by atoms with E-state index in [1.165, 1.54) is 17.9 Å². The van der Waals surface area contributed by atoms with E-state index in [-0.39, 0.29) is 18.6 Å². The topological polar surface area (TPSA) is 68.5 Å². The first-order valence-electron chi connectivity index (χ1n) is 7.60. The molecule has 122 valence electrons. The molecule has 0 unspecified atom stereocenters. The summed E-state index contributed by atoms with van der Waals surface area (Å²) in [7, 11) is 0. The lowest BCUT2D eigenvalue weighted by molar-refractivity contribution is -0.124. The second-order valence-electron chi connectivity index (χ2n) is 5.35. The molecule has 1 aromatic carbocycles. The minimum absolute atomic E-state index is 0.150. The molecule has 0 radical (unpaired) electrons. The SMILES string of the molecule is CCc1ccc([C@@H](C)NC(=O)COC(=O)c2ccoc2C)cc1. The Morgan fingerprint density at radius 2 is 1.91 bits per heavy atom. The minimum Gasteiger partial charge on any atom is -0.469 e. The van der Waals surface area contributed by atoms with E-state index in [2.05, 4.69) is 12.2 Å². The molecule has 1 atom stereocenters. The maximum atomic E-state index is 11.9. The van der Waals surface area contributed by atoms with Crippen LogP contribution in [0.1, 0.15) is 47.1 Å². The number of rotatable bonds is 6. The van der Waals surface area contributed by atoms with Crippen molar-refractivity contribution in [3.05, 3.63) is 59.0 Å². The number of hydrogen-bond acceptors (Lipinski definition) is 4. The molecule has 5 heteroatoms. The van der Waals surface area contributed by atoms with Crippen molar-refractivity contribution in [3.63, 3.8) is 0 Å². The minimum atomic E-state index is -0.564. The molecule has 23 heavy (non-hydrogen) atoms. The van der Waals surface area contributed by atoms with Gasteiger partial charge in [-0.05, 0) is 37.5 Å². The van der Waals surface area contributed by atoms with Gasteiger partial charge < -0.3 is 14.5 Å². The lowest BCUT2D eigenvalue weighted by atomic mass is 10.1. The van der Waals surface area contributed by atoms with Crippen molar-refractivity contribution in [2.75, 3.05) is 6.61 Å². The quantitative estimate of drug-likeness (QED) is 0.831. The van der Waals surface area contributed by atoms with Crippen LogP contribution in [0.5, 0.6) is 0 Å². The summed E-state index contributed by atoms with van der Waals surface area (Å²) in [5, 5.41) is 2.81. The number of hydrogen-bond donors (Lipinski definition) is 1. The summed E-state index contributed by atoms with van der Waals surface area (Å²) < 4.78 is 10.0. The van der Waals surface area contributed by atoms with Crippen LogP contribution in [0.3, 0.4) is 0 Å².